The first-order valence-electron chi connectivity index (χ1n) is 3.91. The number of hydrogen-bond donors (Lipinski definition) is 2. The molecular weight excluding hydrogens is 124 g/mol. The standard InChI is InChI=1S/C8H16N2/c1-7-8(6-9-2)4-3-5-10-7/h4,7,9-10H,3,5-6H2,1-2H3/t7-/m1/s1. The molecule has 0 aromatic rings. The number of rotatable bonds is 2. The molecule has 0 saturated heterocycles. The van der Waals surface area contributed by atoms with Gasteiger partial charge in [0.1, 0.15) is 0 Å². The van der Waals surface area contributed by atoms with Crippen LogP contribution in [0.2, 0.25) is 0 Å². The van der Waals surface area contributed by atoms with E-state index >= 15 is 0 Å². The Morgan fingerprint density at radius 2 is 2.60 bits per heavy atom. The van der Waals surface area contributed by atoms with Gasteiger partial charge >= 0.3 is 0 Å². The van der Waals surface area contributed by atoms with Gasteiger partial charge in [0.25, 0.3) is 0 Å². The van der Waals surface area contributed by atoms with Crippen LogP contribution in [0.15, 0.2) is 11.6 Å². The van der Waals surface area contributed by atoms with E-state index in [0.717, 1.165) is 13.1 Å². The zero-order valence-corrected chi connectivity index (χ0v) is 6.78. The molecule has 1 rings (SSSR count). The summed E-state index contributed by atoms with van der Waals surface area (Å²) in [6.45, 7) is 4.37. The summed E-state index contributed by atoms with van der Waals surface area (Å²) < 4.78 is 0. The van der Waals surface area contributed by atoms with Gasteiger partial charge in [0.05, 0.1) is 0 Å². The molecule has 0 radical (unpaired) electrons. The minimum absolute atomic E-state index is 0.571. The average Bonchev–Trinajstić information content (AvgIpc) is 1.94. The topological polar surface area (TPSA) is 24.1 Å². The number of likely N-dealkylation sites (N-methyl/N-ethyl adjacent to an activating group) is 1. The van der Waals surface area contributed by atoms with Crippen LogP contribution < -0.4 is 10.6 Å². The van der Waals surface area contributed by atoms with Crippen molar-refractivity contribution in [2.24, 2.45) is 0 Å². The zero-order valence-electron chi connectivity index (χ0n) is 6.78. The number of nitrogens with one attached hydrogen (secondary N) is 2. The summed E-state index contributed by atoms with van der Waals surface area (Å²) in [5, 5.41) is 6.57. The summed E-state index contributed by atoms with van der Waals surface area (Å²) in [4.78, 5) is 0. The molecule has 1 heterocycles. The highest BCUT2D eigenvalue weighted by molar-refractivity contribution is 5.14. The number of hydrogen-bond acceptors (Lipinski definition) is 2. The van der Waals surface area contributed by atoms with Crippen LogP contribution in [0.3, 0.4) is 0 Å². The van der Waals surface area contributed by atoms with Gasteiger partial charge < -0.3 is 10.6 Å². The average molecular weight is 140 g/mol. The molecule has 0 aliphatic carbocycles. The Morgan fingerprint density at radius 3 is 3.20 bits per heavy atom. The third kappa shape index (κ3) is 1.82. The van der Waals surface area contributed by atoms with E-state index < -0.39 is 0 Å². The van der Waals surface area contributed by atoms with Crippen LogP contribution in [0.1, 0.15) is 13.3 Å². The summed E-state index contributed by atoms with van der Waals surface area (Å²) >= 11 is 0. The van der Waals surface area contributed by atoms with Crippen LogP contribution in [0.4, 0.5) is 0 Å². The fourth-order valence-electron chi connectivity index (χ4n) is 1.29. The molecule has 0 aromatic heterocycles. The smallest absolute Gasteiger partial charge is 0.0263 e. The third-order valence-electron chi connectivity index (χ3n) is 1.94. The van der Waals surface area contributed by atoms with E-state index in [1.807, 2.05) is 7.05 Å². The molecule has 0 unspecified atom stereocenters. The molecule has 1 aliphatic rings. The summed E-state index contributed by atoms with van der Waals surface area (Å²) in [6, 6.07) is 0.571. The molecule has 0 saturated carbocycles. The molecular formula is C8H16N2. The highest BCUT2D eigenvalue weighted by Crippen LogP contribution is 2.06. The molecule has 1 aliphatic heterocycles. The minimum Gasteiger partial charge on any atom is -0.316 e. The van der Waals surface area contributed by atoms with E-state index in [2.05, 4.69) is 23.6 Å². The van der Waals surface area contributed by atoms with E-state index in [4.69, 9.17) is 0 Å². The van der Waals surface area contributed by atoms with Crippen LogP contribution >= 0.6 is 0 Å². The van der Waals surface area contributed by atoms with Crippen molar-refractivity contribution in [1.82, 2.24) is 10.6 Å². The molecule has 0 spiro atoms. The maximum Gasteiger partial charge on any atom is 0.0263 e. The highest BCUT2D eigenvalue weighted by atomic mass is 14.9. The van der Waals surface area contributed by atoms with E-state index in [1.54, 1.807) is 0 Å². The quantitative estimate of drug-likeness (QED) is 0.546. The summed E-state index contributed by atoms with van der Waals surface area (Å²) in [6.07, 6.45) is 3.51. The first kappa shape index (κ1) is 7.76. The molecule has 2 nitrogen and oxygen atoms in total. The van der Waals surface area contributed by atoms with Gasteiger partial charge in [-0.25, -0.2) is 0 Å². The van der Waals surface area contributed by atoms with E-state index in [0.29, 0.717) is 6.04 Å². The Kier molecular flexibility index (Phi) is 2.90. The fraction of sp³-hybridized carbons (Fsp3) is 0.750. The first-order chi connectivity index (χ1) is 4.84. The summed E-state index contributed by atoms with van der Waals surface area (Å²) in [5.74, 6) is 0. The molecule has 0 aromatic carbocycles. The van der Waals surface area contributed by atoms with Crippen LogP contribution in [-0.4, -0.2) is 26.2 Å². The van der Waals surface area contributed by atoms with Gasteiger partial charge in [0, 0.05) is 12.6 Å². The molecule has 0 bridgehead atoms. The van der Waals surface area contributed by atoms with E-state index in [9.17, 15) is 0 Å². The van der Waals surface area contributed by atoms with E-state index in [1.165, 1.54) is 12.0 Å². The van der Waals surface area contributed by atoms with Crippen molar-refractivity contribution < 1.29 is 0 Å². The van der Waals surface area contributed by atoms with Gasteiger partial charge in [-0.15, -0.1) is 0 Å². The molecule has 0 fully saturated rings. The van der Waals surface area contributed by atoms with Crippen LogP contribution in [0, 0.1) is 0 Å². The maximum absolute atomic E-state index is 3.41. The largest absolute Gasteiger partial charge is 0.316 e. The molecule has 10 heavy (non-hydrogen) atoms. The molecule has 1 atom stereocenters. The highest BCUT2D eigenvalue weighted by Gasteiger charge is 2.09. The van der Waals surface area contributed by atoms with Crippen molar-refractivity contribution in [3.8, 4) is 0 Å². The summed E-state index contributed by atoms with van der Waals surface area (Å²) in [7, 11) is 1.99. The van der Waals surface area contributed by atoms with Crippen LogP contribution in [0.5, 0.6) is 0 Å². The monoisotopic (exact) mass is 140 g/mol. The van der Waals surface area contributed by atoms with Gasteiger partial charge in [-0.1, -0.05) is 6.08 Å². The van der Waals surface area contributed by atoms with E-state index in [-0.39, 0.29) is 0 Å². The van der Waals surface area contributed by atoms with Crippen molar-refractivity contribution in [2.45, 2.75) is 19.4 Å². The van der Waals surface area contributed by atoms with Crippen LogP contribution in [0.25, 0.3) is 0 Å². The third-order valence-corrected chi connectivity index (χ3v) is 1.94. The Morgan fingerprint density at radius 1 is 1.80 bits per heavy atom. The Hall–Kier alpha value is -0.340. The Labute approximate surface area is 62.7 Å². The van der Waals surface area contributed by atoms with Crippen molar-refractivity contribution in [1.29, 1.82) is 0 Å². The van der Waals surface area contributed by atoms with Gasteiger partial charge in [-0.05, 0) is 32.5 Å². The minimum atomic E-state index is 0.571. The molecule has 2 heteroatoms. The first-order valence-corrected chi connectivity index (χ1v) is 3.91. The lowest BCUT2D eigenvalue weighted by Gasteiger charge is -2.21. The lowest BCUT2D eigenvalue weighted by atomic mass is 10.0. The molecule has 58 valence electrons. The molecule has 0 amide bonds. The zero-order chi connectivity index (χ0) is 7.40. The van der Waals surface area contributed by atoms with Crippen molar-refractivity contribution in [2.75, 3.05) is 20.1 Å². The Bertz CT molecular complexity index is 129. The van der Waals surface area contributed by atoms with Crippen LogP contribution in [-0.2, 0) is 0 Å². The van der Waals surface area contributed by atoms with Crippen molar-refractivity contribution in [3.63, 3.8) is 0 Å². The fourth-order valence-corrected chi connectivity index (χ4v) is 1.29. The second-order valence-corrected chi connectivity index (χ2v) is 2.77. The van der Waals surface area contributed by atoms with Crippen molar-refractivity contribution >= 4 is 0 Å². The van der Waals surface area contributed by atoms with Gasteiger partial charge in [-0.3, -0.25) is 0 Å². The maximum atomic E-state index is 3.41. The van der Waals surface area contributed by atoms with Gasteiger partial charge in [0.2, 0.25) is 0 Å². The predicted molar refractivity (Wildman–Crippen MR) is 44.1 cm³/mol. The normalized spacial score (nSPS) is 26.2. The lowest BCUT2D eigenvalue weighted by Crippen LogP contribution is -2.35. The predicted octanol–water partition coefficient (Wildman–Crippen LogP) is 0.514. The van der Waals surface area contributed by atoms with Gasteiger partial charge in [-0.2, -0.15) is 0 Å². The molecule has 2 N–H and O–H groups in total. The second kappa shape index (κ2) is 3.74. The Balaban J connectivity index is 2.44. The lowest BCUT2D eigenvalue weighted by molar-refractivity contribution is 0.566. The van der Waals surface area contributed by atoms with Crippen molar-refractivity contribution in [3.05, 3.63) is 11.6 Å². The second-order valence-electron chi connectivity index (χ2n) is 2.77. The van der Waals surface area contributed by atoms with Gasteiger partial charge in [0.15, 0.2) is 0 Å². The summed E-state index contributed by atoms with van der Waals surface area (Å²) in [5.41, 5.74) is 1.49. The SMILES string of the molecule is CNCC1=CCCN[C@@H]1C.